The van der Waals surface area contributed by atoms with Crippen molar-refractivity contribution in [2.45, 2.75) is 18.7 Å². The fourth-order valence-electron chi connectivity index (χ4n) is 3.22. The average molecular weight is 469 g/mol. The Hall–Kier alpha value is -2.73. The molecule has 0 saturated heterocycles. The summed E-state index contributed by atoms with van der Waals surface area (Å²) in [5.41, 5.74) is 3.01. The Morgan fingerprint density at radius 3 is 2.26 bits per heavy atom. The Kier molecular flexibility index (Phi) is 6.10. The lowest BCUT2D eigenvalue weighted by molar-refractivity contribution is -0.120. The number of thioether (sulfide) groups is 1. The predicted octanol–water partition coefficient (Wildman–Crippen LogP) is 6.60. The number of hydrogen-bond acceptors (Lipinski definition) is 4. The van der Waals surface area contributed by atoms with Crippen LogP contribution in [0.2, 0.25) is 10.0 Å². The third-order valence-electron chi connectivity index (χ3n) is 4.85. The summed E-state index contributed by atoms with van der Waals surface area (Å²) in [6.07, 6.45) is 0. The number of carbonyl (C=O) groups is 2. The summed E-state index contributed by atoms with van der Waals surface area (Å²) in [5.74, 6) is -0.810. The lowest BCUT2D eigenvalue weighted by atomic mass is 10.2. The molecule has 0 aromatic heterocycles. The van der Waals surface area contributed by atoms with Gasteiger partial charge >= 0.3 is 0 Å². The van der Waals surface area contributed by atoms with Crippen LogP contribution in [-0.2, 0) is 9.59 Å². The van der Waals surface area contributed by atoms with Crippen molar-refractivity contribution in [3.8, 4) is 0 Å². The summed E-state index contributed by atoms with van der Waals surface area (Å²) >= 11 is 13.6. The molecule has 3 aromatic rings. The van der Waals surface area contributed by atoms with Crippen LogP contribution in [0.5, 0.6) is 0 Å². The summed E-state index contributed by atoms with van der Waals surface area (Å²) in [4.78, 5) is 29.2. The van der Waals surface area contributed by atoms with Crippen LogP contribution in [0.4, 0.5) is 11.4 Å². The summed E-state index contributed by atoms with van der Waals surface area (Å²) in [6.45, 7) is 3.72. The highest BCUT2D eigenvalue weighted by Gasteiger charge is 2.40. The molecule has 156 valence electrons. The second-order valence-corrected chi connectivity index (χ2v) is 9.01. The van der Waals surface area contributed by atoms with Crippen molar-refractivity contribution in [1.82, 2.24) is 0 Å². The van der Waals surface area contributed by atoms with E-state index in [1.165, 1.54) is 16.7 Å². The molecule has 2 amide bonds. The molecule has 1 aliphatic rings. The molecule has 1 N–H and O–H groups in total. The molecule has 4 nitrogen and oxygen atoms in total. The number of carbonyl (C=O) groups excluding carboxylic acids is 2. The minimum atomic E-state index is -0.425. The molecule has 1 aliphatic heterocycles. The van der Waals surface area contributed by atoms with E-state index in [9.17, 15) is 9.59 Å². The van der Waals surface area contributed by atoms with Gasteiger partial charge in [0.2, 0.25) is 0 Å². The fourth-order valence-corrected chi connectivity index (χ4v) is 4.58. The van der Waals surface area contributed by atoms with Crippen LogP contribution in [0.15, 0.2) is 82.2 Å². The molecule has 0 atom stereocenters. The maximum atomic E-state index is 13.4. The number of nitrogens with zero attached hydrogens (tertiary/aromatic N) is 1. The molecular weight excluding hydrogens is 451 g/mol. The minimum absolute atomic E-state index is 0.216. The normalized spacial score (nSPS) is 13.9. The molecule has 0 fully saturated rings. The molecule has 0 bridgehead atoms. The van der Waals surface area contributed by atoms with Crippen LogP contribution in [0.1, 0.15) is 11.1 Å². The van der Waals surface area contributed by atoms with Gasteiger partial charge in [0.25, 0.3) is 11.8 Å². The third kappa shape index (κ3) is 4.35. The zero-order valence-corrected chi connectivity index (χ0v) is 19.1. The number of anilines is 2. The fraction of sp³-hybridized carbons (Fsp3) is 0.0833. The SMILES string of the molecule is Cc1ccc(NC2=C(Sc3ccccc3)C(=O)N(c3ccc(Cl)cc3C)C2=O)cc1Cl. The van der Waals surface area contributed by atoms with E-state index < -0.39 is 5.91 Å². The Balaban J connectivity index is 1.77. The van der Waals surface area contributed by atoms with Gasteiger partial charge in [-0.2, -0.15) is 0 Å². The zero-order chi connectivity index (χ0) is 22.1. The van der Waals surface area contributed by atoms with Crippen molar-refractivity contribution in [3.63, 3.8) is 0 Å². The van der Waals surface area contributed by atoms with E-state index in [0.717, 1.165) is 16.0 Å². The molecule has 31 heavy (non-hydrogen) atoms. The summed E-state index contributed by atoms with van der Waals surface area (Å²) in [7, 11) is 0. The molecule has 0 saturated carbocycles. The van der Waals surface area contributed by atoms with Gasteiger partial charge in [-0.25, -0.2) is 4.90 Å². The van der Waals surface area contributed by atoms with Crippen molar-refractivity contribution in [2.24, 2.45) is 0 Å². The van der Waals surface area contributed by atoms with Gasteiger partial charge in [-0.3, -0.25) is 9.59 Å². The highest BCUT2D eigenvalue weighted by molar-refractivity contribution is 8.04. The van der Waals surface area contributed by atoms with Gasteiger partial charge in [0, 0.05) is 20.6 Å². The summed E-state index contributed by atoms with van der Waals surface area (Å²) in [5, 5.41) is 4.24. The molecule has 7 heteroatoms. The summed E-state index contributed by atoms with van der Waals surface area (Å²) < 4.78 is 0. The molecule has 4 rings (SSSR count). The topological polar surface area (TPSA) is 49.4 Å². The maximum absolute atomic E-state index is 13.4. The Morgan fingerprint density at radius 2 is 1.58 bits per heavy atom. The number of aryl methyl sites for hydroxylation is 2. The van der Waals surface area contributed by atoms with Crippen molar-refractivity contribution in [1.29, 1.82) is 0 Å². The van der Waals surface area contributed by atoms with Crippen molar-refractivity contribution >= 4 is 58.2 Å². The molecule has 0 unspecified atom stereocenters. The minimum Gasteiger partial charge on any atom is -0.350 e. The molecular formula is C24H18Cl2N2O2S. The lowest BCUT2D eigenvalue weighted by Gasteiger charge is -2.18. The van der Waals surface area contributed by atoms with Crippen molar-refractivity contribution in [2.75, 3.05) is 10.2 Å². The van der Waals surface area contributed by atoms with E-state index in [-0.39, 0.29) is 11.6 Å². The first-order valence-corrected chi connectivity index (χ1v) is 11.1. The van der Waals surface area contributed by atoms with E-state index in [1.54, 1.807) is 24.3 Å². The van der Waals surface area contributed by atoms with Gasteiger partial charge in [0.05, 0.1) is 5.69 Å². The maximum Gasteiger partial charge on any atom is 0.283 e. The Bertz CT molecular complexity index is 1230. The van der Waals surface area contributed by atoms with E-state index in [2.05, 4.69) is 5.32 Å². The summed E-state index contributed by atoms with van der Waals surface area (Å²) in [6, 6.07) is 20.0. The number of benzene rings is 3. The van der Waals surface area contributed by atoms with Gasteiger partial charge in [0.1, 0.15) is 10.6 Å². The van der Waals surface area contributed by atoms with E-state index in [4.69, 9.17) is 23.2 Å². The van der Waals surface area contributed by atoms with Gasteiger partial charge in [-0.1, -0.05) is 59.2 Å². The number of amides is 2. The molecule has 0 aliphatic carbocycles. The zero-order valence-electron chi connectivity index (χ0n) is 16.8. The van der Waals surface area contributed by atoms with Crippen LogP contribution in [0, 0.1) is 13.8 Å². The molecule has 0 spiro atoms. The van der Waals surface area contributed by atoms with E-state index >= 15 is 0 Å². The van der Waals surface area contributed by atoms with Gasteiger partial charge in [-0.05, 0) is 67.4 Å². The van der Waals surface area contributed by atoms with Crippen LogP contribution < -0.4 is 10.2 Å². The number of halogens is 2. The predicted molar refractivity (Wildman–Crippen MR) is 128 cm³/mol. The number of rotatable bonds is 5. The van der Waals surface area contributed by atoms with E-state index in [0.29, 0.717) is 26.3 Å². The van der Waals surface area contributed by atoms with Crippen molar-refractivity contribution < 1.29 is 9.59 Å². The van der Waals surface area contributed by atoms with E-state index in [1.807, 2.05) is 56.3 Å². The highest BCUT2D eigenvalue weighted by Crippen LogP contribution is 2.39. The Morgan fingerprint density at radius 1 is 0.839 bits per heavy atom. The van der Waals surface area contributed by atoms with Crippen LogP contribution in [-0.4, -0.2) is 11.8 Å². The van der Waals surface area contributed by atoms with Gasteiger partial charge < -0.3 is 5.32 Å². The van der Waals surface area contributed by atoms with Crippen LogP contribution in [0.25, 0.3) is 0 Å². The first kappa shape index (κ1) is 21.5. The second-order valence-electron chi connectivity index (χ2n) is 7.08. The standard InChI is InChI=1S/C24H18Cl2N2O2S/c1-14-8-10-17(13-19(14)26)27-21-22(31-18-6-4-3-5-7-18)24(30)28(23(21)29)20-11-9-16(25)12-15(20)2/h3-13,27H,1-2H3. The largest absolute Gasteiger partial charge is 0.350 e. The molecule has 0 radical (unpaired) electrons. The van der Waals surface area contributed by atoms with Crippen LogP contribution >= 0.6 is 35.0 Å². The monoisotopic (exact) mass is 468 g/mol. The molecule has 3 aromatic carbocycles. The van der Waals surface area contributed by atoms with Gasteiger partial charge in [-0.15, -0.1) is 0 Å². The number of imide groups is 1. The number of nitrogens with one attached hydrogen (secondary N) is 1. The highest BCUT2D eigenvalue weighted by atomic mass is 35.5. The number of hydrogen-bond donors (Lipinski definition) is 1. The molecule has 1 heterocycles. The van der Waals surface area contributed by atoms with Crippen molar-refractivity contribution in [3.05, 3.63) is 98.5 Å². The average Bonchev–Trinajstić information content (AvgIpc) is 2.96. The lowest BCUT2D eigenvalue weighted by Crippen LogP contribution is -2.32. The quantitative estimate of drug-likeness (QED) is 0.428. The van der Waals surface area contributed by atoms with Gasteiger partial charge in [0.15, 0.2) is 0 Å². The Labute approximate surface area is 194 Å². The smallest absolute Gasteiger partial charge is 0.283 e. The second kappa shape index (κ2) is 8.79. The first-order valence-electron chi connectivity index (χ1n) is 9.50. The third-order valence-corrected chi connectivity index (χ3v) is 6.58. The van der Waals surface area contributed by atoms with Crippen LogP contribution in [0.3, 0.4) is 0 Å². The first-order chi connectivity index (χ1) is 14.8.